The van der Waals surface area contributed by atoms with Crippen molar-refractivity contribution in [2.45, 2.75) is 57.5 Å². The monoisotopic (exact) mass is 685 g/mol. The van der Waals surface area contributed by atoms with E-state index in [1.807, 2.05) is 5.38 Å². The SMILES string of the molecule is CCOC(=O)COc1ccc(CCCS(=O)(=O)c2ccc(Cl)cc2)cc1NC(=O)c1cccc(OCc2nc(C(C)(C)C)cs2)n1. The van der Waals surface area contributed by atoms with Crippen LogP contribution in [0.25, 0.3) is 0 Å². The van der Waals surface area contributed by atoms with Crippen LogP contribution in [0, 0.1) is 0 Å². The summed E-state index contributed by atoms with van der Waals surface area (Å²) in [6.45, 7) is 8.02. The second kappa shape index (κ2) is 15.5. The standard InChI is InChI=1S/C33H36ClN3O7S2/c1-5-42-31(38)20-43-27-16-11-22(8-7-17-46(40,41)24-14-12-23(34)13-15-24)18-26(27)36-32(39)25-9-6-10-29(35-25)44-19-30-37-28(21-45-30)33(2,3)4/h6,9-16,18,21H,5,7-8,17,19-20H2,1-4H3,(H,36,39). The average molecular weight is 686 g/mol. The molecule has 4 rings (SSSR count). The number of halogens is 1. The highest BCUT2D eigenvalue weighted by Crippen LogP contribution is 2.28. The molecule has 0 aliphatic heterocycles. The van der Waals surface area contributed by atoms with E-state index in [0.717, 1.165) is 16.3 Å². The molecule has 0 radical (unpaired) electrons. The van der Waals surface area contributed by atoms with E-state index in [1.54, 1.807) is 55.5 Å². The number of carbonyl (C=O) groups is 2. The molecule has 0 saturated carbocycles. The average Bonchev–Trinajstić information content (AvgIpc) is 3.50. The minimum absolute atomic E-state index is 0.0731. The van der Waals surface area contributed by atoms with Crippen molar-refractivity contribution in [1.29, 1.82) is 0 Å². The van der Waals surface area contributed by atoms with E-state index < -0.39 is 21.7 Å². The van der Waals surface area contributed by atoms with Crippen LogP contribution >= 0.6 is 22.9 Å². The lowest BCUT2D eigenvalue weighted by molar-refractivity contribution is -0.145. The first-order valence-electron chi connectivity index (χ1n) is 14.6. The summed E-state index contributed by atoms with van der Waals surface area (Å²) >= 11 is 7.39. The molecule has 0 spiro atoms. The fraction of sp³-hybridized carbons (Fsp3) is 0.333. The van der Waals surface area contributed by atoms with E-state index >= 15 is 0 Å². The quantitative estimate of drug-likeness (QED) is 0.145. The number of anilines is 1. The molecule has 2 aromatic heterocycles. The predicted molar refractivity (Wildman–Crippen MR) is 178 cm³/mol. The number of aryl methyl sites for hydroxylation is 1. The van der Waals surface area contributed by atoms with Crippen molar-refractivity contribution < 1.29 is 32.2 Å². The molecule has 4 aromatic rings. The Hall–Kier alpha value is -4.00. The number of carbonyl (C=O) groups excluding carboxylic acids is 2. The molecule has 46 heavy (non-hydrogen) atoms. The highest BCUT2D eigenvalue weighted by Gasteiger charge is 2.19. The molecule has 1 amide bonds. The Morgan fingerprint density at radius 1 is 1.00 bits per heavy atom. The molecule has 0 aliphatic carbocycles. The number of aromatic nitrogens is 2. The second-order valence-corrected chi connectivity index (χ2v) is 14.8. The van der Waals surface area contributed by atoms with Gasteiger partial charge in [-0.3, -0.25) is 4.79 Å². The molecule has 0 bridgehead atoms. The summed E-state index contributed by atoms with van der Waals surface area (Å²) in [5.74, 6) is -0.665. The summed E-state index contributed by atoms with van der Waals surface area (Å²) in [6, 6.07) is 16.0. The number of nitrogens with one attached hydrogen (secondary N) is 1. The zero-order valence-corrected chi connectivity index (χ0v) is 28.4. The Labute approximate surface area is 278 Å². The Kier molecular flexibility index (Phi) is 11.8. The highest BCUT2D eigenvalue weighted by molar-refractivity contribution is 7.91. The van der Waals surface area contributed by atoms with E-state index in [1.165, 1.54) is 23.5 Å². The van der Waals surface area contributed by atoms with Crippen molar-refractivity contribution in [3.63, 3.8) is 0 Å². The molecule has 13 heteroatoms. The number of rotatable bonds is 14. The van der Waals surface area contributed by atoms with Crippen LogP contribution in [0.5, 0.6) is 11.6 Å². The van der Waals surface area contributed by atoms with E-state index in [-0.39, 0.29) is 58.9 Å². The van der Waals surface area contributed by atoms with Crippen molar-refractivity contribution in [1.82, 2.24) is 9.97 Å². The molecular weight excluding hydrogens is 650 g/mol. The maximum Gasteiger partial charge on any atom is 0.344 e. The Morgan fingerprint density at radius 2 is 1.76 bits per heavy atom. The largest absolute Gasteiger partial charge is 0.480 e. The van der Waals surface area contributed by atoms with Gasteiger partial charge in [-0.25, -0.2) is 23.2 Å². The first kappa shape index (κ1) is 34.9. The van der Waals surface area contributed by atoms with Gasteiger partial charge in [0.25, 0.3) is 5.91 Å². The van der Waals surface area contributed by atoms with Crippen LogP contribution < -0.4 is 14.8 Å². The van der Waals surface area contributed by atoms with Gasteiger partial charge in [0.05, 0.1) is 28.6 Å². The number of hydrogen-bond acceptors (Lipinski definition) is 10. The number of sulfone groups is 1. The van der Waals surface area contributed by atoms with Gasteiger partial charge in [-0.05, 0) is 67.8 Å². The zero-order valence-electron chi connectivity index (χ0n) is 26.0. The smallest absolute Gasteiger partial charge is 0.344 e. The number of thiazole rings is 1. The Balaban J connectivity index is 1.45. The van der Waals surface area contributed by atoms with Gasteiger partial charge in [0.15, 0.2) is 16.4 Å². The molecule has 0 aliphatic rings. The normalized spacial score (nSPS) is 11.6. The van der Waals surface area contributed by atoms with Crippen molar-refractivity contribution in [3.8, 4) is 11.6 Å². The fourth-order valence-corrected chi connectivity index (χ4v) is 6.56. The van der Waals surface area contributed by atoms with Crippen molar-refractivity contribution in [2.24, 2.45) is 0 Å². The molecule has 0 saturated heterocycles. The summed E-state index contributed by atoms with van der Waals surface area (Å²) in [5, 5.41) is 6.06. The number of nitrogens with zero attached hydrogens (tertiary/aromatic N) is 2. The maximum absolute atomic E-state index is 13.3. The van der Waals surface area contributed by atoms with Gasteiger partial charge in [-0.1, -0.05) is 44.5 Å². The van der Waals surface area contributed by atoms with Gasteiger partial charge in [-0.2, -0.15) is 0 Å². The van der Waals surface area contributed by atoms with Crippen molar-refractivity contribution >= 4 is 50.3 Å². The molecular formula is C33H36ClN3O7S2. The number of pyridine rings is 1. The number of benzene rings is 2. The van der Waals surface area contributed by atoms with Crippen LogP contribution in [0.3, 0.4) is 0 Å². The van der Waals surface area contributed by atoms with Crippen LogP contribution in [0.2, 0.25) is 5.02 Å². The molecule has 1 N–H and O–H groups in total. The molecule has 2 aromatic carbocycles. The third kappa shape index (κ3) is 10.0. The van der Waals surface area contributed by atoms with Crippen molar-refractivity contribution in [2.75, 3.05) is 24.3 Å². The molecule has 2 heterocycles. The number of esters is 1. The second-order valence-electron chi connectivity index (χ2n) is 11.3. The number of hydrogen-bond donors (Lipinski definition) is 1. The number of amides is 1. The van der Waals surface area contributed by atoms with Crippen LogP contribution in [0.4, 0.5) is 5.69 Å². The topological polar surface area (TPSA) is 134 Å². The van der Waals surface area contributed by atoms with Crippen molar-refractivity contribution in [3.05, 3.63) is 93.0 Å². The van der Waals surface area contributed by atoms with Gasteiger partial charge >= 0.3 is 5.97 Å². The summed E-state index contributed by atoms with van der Waals surface area (Å²) in [4.78, 5) is 34.4. The van der Waals surface area contributed by atoms with Crippen LogP contribution in [-0.2, 0) is 37.8 Å². The van der Waals surface area contributed by atoms with E-state index in [2.05, 4.69) is 36.1 Å². The minimum atomic E-state index is -3.50. The van der Waals surface area contributed by atoms with E-state index in [9.17, 15) is 18.0 Å². The molecule has 10 nitrogen and oxygen atoms in total. The van der Waals surface area contributed by atoms with Gasteiger partial charge in [0.1, 0.15) is 23.1 Å². The minimum Gasteiger partial charge on any atom is -0.480 e. The Bertz CT molecular complexity index is 1770. The molecule has 0 fully saturated rings. The lowest BCUT2D eigenvalue weighted by Crippen LogP contribution is -2.18. The number of ether oxygens (including phenoxy) is 3. The van der Waals surface area contributed by atoms with Crippen LogP contribution in [0.1, 0.15) is 60.9 Å². The molecule has 0 unspecified atom stereocenters. The summed E-state index contributed by atoms with van der Waals surface area (Å²) in [6.07, 6.45) is 0.738. The van der Waals surface area contributed by atoms with Gasteiger partial charge in [-0.15, -0.1) is 11.3 Å². The summed E-state index contributed by atoms with van der Waals surface area (Å²) in [5.41, 5.74) is 2.05. The predicted octanol–water partition coefficient (Wildman–Crippen LogP) is 6.67. The van der Waals surface area contributed by atoms with E-state index in [0.29, 0.717) is 17.9 Å². The van der Waals surface area contributed by atoms with Gasteiger partial charge in [0, 0.05) is 21.9 Å². The first-order chi connectivity index (χ1) is 21.8. The van der Waals surface area contributed by atoms with E-state index in [4.69, 9.17) is 25.8 Å². The van der Waals surface area contributed by atoms with Crippen LogP contribution in [0.15, 0.2) is 70.9 Å². The van der Waals surface area contributed by atoms with Crippen LogP contribution in [-0.4, -0.2) is 49.2 Å². The summed E-state index contributed by atoms with van der Waals surface area (Å²) in [7, 11) is -3.50. The zero-order chi connectivity index (χ0) is 33.3. The fourth-order valence-electron chi connectivity index (χ4n) is 4.19. The first-order valence-corrected chi connectivity index (χ1v) is 17.5. The third-order valence-corrected chi connectivity index (χ3v) is 9.51. The highest BCUT2D eigenvalue weighted by atomic mass is 35.5. The summed E-state index contributed by atoms with van der Waals surface area (Å²) < 4.78 is 42.0. The van der Waals surface area contributed by atoms with Gasteiger partial charge in [0.2, 0.25) is 5.88 Å². The maximum atomic E-state index is 13.3. The molecule has 244 valence electrons. The lowest BCUT2D eigenvalue weighted by Gasteiger charge is -2.14. The molecule has 0 atom stereocenters. The Morgan fingerprint density at radius 3 is 2.46 bits per heavy atom. The third-order valence-electron chi connectivity index (χ3n) is 6.61. The van der Waals surface area contributed by atoms with Gasteiger partial charge < -0.3 is 19.5 Å². The lowest BCUT2D eigenvalue weighted by atomic mass is 9.93.